The van der Waals surface area contributed by atoms with Gasteiger partial charge in [0.15, 0.2) is 0 Å². The summed E-state index contributed by atoms with van der Waals surface area (Å²) in [5, 5.41) is 0. The molecule has 2 nitrogen and oxygen atoms in total. The summed E-state index contributed by atoms with van der Waals surface area (Å²) in [6.45, 7) is 12.0. The van der Waals surface area contributed by atoms with Crippen LogP contribution in [-0.4, -0.2) is 36.9 Å². The molecular weight excluding hydrogens is 307 g/mol. The zero-order valence-electron chi connectivity index (χ0n) is 18.3. The molecule has 0 heterocycles. The van der Waals surface area contributed by atoms with Crippen molar-refractivity contribution in [1.82, 2.24) is 0 Å². The third-order valence-electron chi connectivity index (χ3n) is 1.33. The molecule has 0 saturated heterocycles. The van der Waals surface area contributed by atoms with Gasteiger partial charge in [0.25, 0.3) is 0 Å². The number of hydrogen-bond acceptors (Lipinski definition) is 2. The summed E-state index contributed by atoms with van der Waals surface area (Å²) in [5.74, 6) is 0. The summed E-state index contributed by atoms with van der Waals surface area (Å²) >= 11 is 0. The summed E-state index contributed by atoms with van der Waals surface area (Å²) in [4.78, 5) is 0. The molecule has 0 saturated carbocycles. The lowest BCUT2D eigenvalue weighted by Gasteiger charge is -1.69. The van der Waals surface area contributed by atoms with Gasteiger partial charge in [0.1, 0.15) is 0 Å². The summed E-state index contributed by atoms with van der Waals surface area (Å²) in [6.07, 6.45) is 0. The molecule has 0 spiro atoms. The molecule has 25 heavy (non-hydrogen) atoms. The standard InChI is InChI=1S/2C6H6.2C2H6O.3C2H6.B/c2*1-2-4-6-5-3-1;2*1-3-2;3*1-2;/h2*1-6H;2*1-2H3;3*1-2H3;. The van der Waals surface area contributed by atoms with Crippen molar-refractivity contribution in [3.05, 3.63) is 72.8 Å². The minimum absolute atomic E-state index is 0. The number of benzene rings is 2. The molecule has 0 amide bonds. The SMILES string of the molecule is CC.CC.CC.COC.COC.[B].c1ccccc1.c1ccccc1. The maximum absolute atomic E-state index is 4.25. The molecule has 3 heteroatoms. The zero-order valence-corrected chi connectivity index (χ0v) is 18.3. The highest BCUT2D eigenvalue weighted by atomic mass is 16.5. The maximum atomic E-state index is 4.25. The van der Waals surface area contributed by atoms with Crippen LogP contribution in [0.5, 0.6) is 0 Å². The second kappa shape index (κ2) is 66.7. The van der Waals surface area contributed by atoms with E-state index >= 15 is 0 Å². The Hall–Kier alpha value is -1.58. The molecule has 0 bridgehead atoms. The van der Waals surface area contributed by atoms with Crippen LogP contribution < -0.4 is 0 Å². The minimum Gasteiger partial charge on any atom is -0.388 e. The summed E-state index contributed by atoms with van der Waals surface area (Å²) < 4.78 is 8.50. The quantitative estimate of drug-likeness (QED) is 0.499. The summed E-state index contributed by atoms with van der Waals surface area (Å²) in [5.41, 5.74) is 0. The molecule has 0 aliphatic rings. The Labute approximate surface area is 161 Å². The van der Waals surface area contributed by atoms with Gasteiger partial charge in [0.2, 0.25) is 0 Å². The molecule has 0 atom stereocenters. The van der Waals surface area contributed by atoms with E-state index in [1.807, 2.05) is 114 Å². The first-order valence-corrected chi connectivity index (χ1v) is 8.63. The summed E-state index contributed by atoms with van der Waals surface area (Å²) in [6, 6.07) is 24.0. The average molecular weight is 349 g/mol. The maximum Gasteiger partial charge on any atom is 0.0351 e. The second-order valence-electron chi connectivity index (χ2n) is 3.13. The van der Waals surface area contributed by atoms with E-state index in [1.54, 1.807) is 28.4 Å². The monoisotopic (exact) mass is 349 g/mol. The molecule has 0 N–H and O–H groups in total. The van der Waals surface area contributed by atoms with Gasteiger partial charge >= 0.3 is 0 Å². The molecule has 2 aromatic carbocycles. The first-order valence-electron chi connectivity index (χ1n) is 8.63. The van der Waals surface area contributed by atoms with Crippen molar-refractivity contribution in [2.45, 2.75) is 41.5 Å². The molecule has 2 aromatic rings. The van der Waals surface area contributed by atoms with E-state index in [2.05, 4.69) is 9.47 Å². The van der Waals surface area contributed by atoms with Crippen molar-refractivity contribution >= 4 is 8.41 Å². The predicted octanol–water partition coefficient (Wildman–Crippen LogP) is 6.60. The van der Waals surface area contributed by atoms with E-state index in [9.17, 15) is 0 Å². The minimum atomic E-state index is 0. The second-order valence-corrected chi connectivity index (χ2v) is 3.13. The van der Waals surface area contributed by atoms with Crippen molar-refractivity contribution in [1.29, 1.82) is 0 Å². The van der Waals surface area contributed by atoms with Gasteiger partial charge in [-0.25, -0.2) is 0 Å². The first-order chi connectivity index (χ1) is 11.8. The van der Waals surface area contributed by atoms with Crippen molar-refractivity contribution in [3.8, 4) is 0 Å². The van der Waals surface area contributed by atoms with Crippen LogP contribution in [0.2, 0.25) is 0 Å². The number of rotatable bonds is 0. The van der Waals surface area contributed by atoms with Gasteiger partial charge in [-0.2, -0.15) is 0 Å². The Bertz CT molecular complexity index is 215. The Morgan fingerprint density at radius 3 is 0.400 bits per heavy atom. The third-order valence-corrected chi connectivity index (χ3v) is 1.33. The van der Waals surface area contributed by atoms with E-state index in [1.165, 1.54) is 0 Å². The fourth-order valence-electron chi connectivity index (χ4n) is 0.770. The van der Waals surface area contributed by atoms with Crippen LogP contribution in [0, 0.1) is 0 Å². The normalized spacial score (nSPS) is 6.00. The van der Waals surface area contributed by atoms with E-state index in [0.717, 1.165) is 0 Å². The molecule has 3 radical (unpaired) electrons. The topological polar surface area (TPSA) is 18.5 Å². The Kier molecular flexibility index (Phi) is 103. The van der Waals surface area contributed by atoms with Gasteiger partial charge in [-0.15, -0.1) is 0 Å². The van der Waals surface area contributed by atoms with Crippen LogP contribution in [0.25, 0.3) is 0 Å². The highest BCUT2D eigenvalue weighted by molar-refractivity contribution is 5.75. The van der Waals surface area contributed by atoms with Crippen LogP contribution in [0.1, 0.15) is 41.5 Å². The van der Waals surface area contributed by atoms with Crippen LogP contribution >= 0.6 is 0 Å². The lowest BCUT2D eigenvalue weighted by molar-refractivity contribution is 0.277. The molecule has 0 aliphatic carbocycles. The fraction of sp³-hybridized carbons (Fsp3) is 0.455. The number of methoxy groups -OCH3 is 2. The lowest BCUT2D eigenvalue weighted by Crippen LogP contribution is -1.55. The van der Waals surface area contributed by atoms with Gasteiger partial charge < -0.3 is 9.47 Å². The smallest absolute Gasteiger partial charge is 0.0351 e. The Morgan fingerprint density at radius 2 is 0.360 bits per heavy atom. The molecule has 0 aromatic heterocycles. The van der Waals surface area contributed by atoms with Gasteiger partial charge in [0.05, 0.1) is 0 Å². The van der Waals surface area contributed by atoms with Crippen molar-refractivity contribution < 1.29 is 9.47 Å². The first kappa shape index (κ1) is 38.8. The largest absolute Gasteiger partial charge is 0.388 e. The van der Waals surface area contributed by atoms with Crippen LogP contribution in [0.3, 0.4) is 0 Å². The molecule has 145 valence electrons. The van der Waals surface area contributed by atoms with Gasteiger partial charge in [-0.1, -0.05) is 114 Å². The van der Waals surface area contributed by atoms with E-state index in [4.69, 9.17) is 0 Å². The third kappa shape index (κ3) is 86.1. The molecule has 0 unspecified atom stereocenters. The van der Waals surface area contributed by atoms with Crippen LogP contribution in [0.15, 0.2) is 72.8 Å². The highest BCUT2D eigenvalue weighted by Gasteiger charge is 1.58. The van der Waals surface area contributed by atoms with Crippen molar-refractivity contribution in [3.63, 3.8) is 0 Å². The van der Waals surface area contributed by atoms with Crippen LogP contribution in [-0.2, 0) is 9.47 Å². The van der Waals surface area contributed by atoms with E-state index < -0.39 is 0 Å². The molecule has 0 fully saturated rings. The van der Waals surface area contributed by atoms with Crippen molar-refractivity contribution in [2.75, 3.05) is 28.4 Å². The fourth-order valence-corrected chi connectivity index (χ4v) is 0.770. The molecular formula is C22H42BO2. The summed E-state index contributed by atoms with van der Waals surface area (Å²) in [7, 11) is 6.50. The lowest BCUT2D eigenvalue weighted by atomic mass is 10.4. The number of hydrogen-bond donors (Lipinski definition) is 0. The molecule has 2 rings (SSSR count). The van der Waals surface area contributed by atoms with Gasteiger partial charge in [0, 0.05) is 36.9 Å². The van der Waals surface area contributed by atoms with E-state index in [-0.39, 0.29) is 8.41 Å². The Balaban J connectivity index is -0.0000000448. The van der Waals surface area contributed by atoms with Gasteiger partial charge in [-0.05, 0) is 0 Å². The zero-order chi connectivity index (χ0) is 19.9. The predicted molar refractivity (Wildman–Crippen MR) is 119 cm³/mol. The average Bonchev–Trinajstić information content (AvgIpc) is 2.71. The van der Waals surface area contributed by atoms with Gasteiger partial charge in [-0.3, -0.25) is 0 Å². The van der Waals surface area contributed by atoms with Crippen LogP contribution in [0.4, 0.5) is 0 Å². The number of ether oxygens (including phenoxy) is 2. The highest BCUT2D eigenvalue weighted by Crippen LogP contribution is 1.80. The van der Waals surface area contributed by atoms with Crippen molar-refractivity contribution in [2.24, 2.45) is 0 Å². The molecule has 0 aliphatic heterocycles. The Morgan fingerprint density at radius 1 is 0.320 bits per heavy atom. The van der Waals surface area contributed by atoms with E-state index in [0.29, 0.717) is 0 Å².